The summed E-state index contributed by atoms with van der Waals surface area (Å²) in [6.07, 6.45) is 4.61. The number of rotatable bonds is 9. The molecular weight excluding hydrogens is 364 g/mol. The molecule has 0 aliphatic carbocycles. The number of benzene rings is 2. The van der Waals surface area contributed by atoms with Gasteiger partial charge in [-0.25, -0.2) is 4.98 Å². The van der Waals surface area contributed by atoms with Crippen molar-refractivity contribution in [1.82, 2.24) is 20.2 Å². The molecule has 0 saturated carbocycles. The Bertz CT molecular complexity index is 922. The Balaban J connectivity index is 1.41. The lowest BCUT2D eigenvalue weighted by Gasteiger charge is -2.14. The van der Waals surface area contributed by atoms with E-state index < -0.39 is 0 Å². The maximum atomic E-state index is 12.2. The Kier molecular flexibility index (Phi) is 7.16. The topological polar surface area (TPSA) is 76.0 Å². The van der Waals surface area contributed by atoms with Crippen molar-refractivity contribution in [2.24, 2.45) is 0 Å². The third-order valence-electron chi connectivity index (χ3n) is 4.57. The van der Waals surface area contributed by atoms with Gasteiger partial charge in [-0.3, -0.25) is 9.59 Å². The molecule has 1 unspecified atom stereocenters. The molecule has 150 valence electrons. The summed E-state index contributed by atoms with van der Waals surface area (Å²) in [6.45, 7) is 3.09. The molecule has 2 N–H and O–H groups in total. The molecule has 1 aromatic heterocycles. The summed E-state index contributed by atoms with van der Waals surface area (Å²) < 4.78 is 2.09. The molecule has 1 heterocycles. The molecule has 6 nitrogen and oxygen atoms in total. The predicted octanol–water partition coefficient (Wildman–Crippen LogP) is 2.80. The zero-order valence-corrected chi connectivity index (χ0v) is 16.5. The molecule has 1 atom stereocenters. The first-order valence-electron chi connectivity index (χ1n) is 9.78. The third-order valence-corrected chi connectivity index (χ3v) is 4.57. The van der Waals surface area contributed by atoms with Crippen LogP contribution in [0.25, 0.3) is 0 Å². The monoisotopic (exact) mass is 390 g/mol. The van der Waals surface area contributed by atoms with Crippen molar-refractivity contribution in [3.63, 3.8) is 0 Å². The average Bonchev–Trinajstić information content (AvgIpc) is 3.16. The van der Waals surface area contributed by atoms with E-state index in [9.17, 15) is 9.59 Å². The van der Waals surface area contributed by atoms with Crippen LogP contribution in [0.4, 0.5) is 0 Å². The van der Waals surface area contributed by atoms with Gasteiger partial charge >= 0.3 is 0 Å². The van der Waals surface area contributed by atoms with Gasteiger partial charge in [0, 0.05) is 49.9 Å². The number of carbonyl (C=O) groups is 2. The van der Waals surface area contributed by atoms with E-state index in [-0.39, 0.29) is 24.3 Å². The van der Waals surface area contributed by atoms with E-state index in [1.807, 2.05) is 49.5 Å². The summed E-state index contributed by atoms with van der Waals surface area (Å²) in [4.78, 5) is 28.7. The fourth-order valence-electron chi connectivity index (χ4n) is 3.10. The Morgan fingerprint density at radius 1 is 1.03 bits per heavy atom. The lowest BCUT2D eigenvalue weighted by Crippen LogP contribution is -2.37. The third kappa shape index (κ3) is 6.31. The molecule has 0 aliphatic rings. The van der Waals surface area contributed by atoms with E-state index in [1.54, 1.807) is 18.3 Å². The van der Waals surface area contributed by atoms with Crippen LogP contribution in [0, 0.1) is 0 Å². The smallest absolute Gasteiger partial charge is 0.251 e. The summed E-state index contributed by atoms with van der Waals surface area (Å²) in [5, 5.41) is 5.76. The van der Waals surface area contributed by atoms with Crippen LogP contribution in [0.5, 0.6) is 0 Å². The van der Waals surface area contributed by atoms with Crippen LogP contribution in [-0.2, 0) is 17.8 Å². The number of amides is 2. The lowest BCUT2D eigenvalue weighted by atomic mass is 10.1. The largest absolute Gasteiger partial charge is 0.356 e. The minimum atomic E-state index is -0.247. The van der Waals surface area contributed by atoms with E-state index >= 15 is 0 Å². The molecule has 0 radical (unpaired) electrons. The van der Waals surface area contributed by atoms with Crippen LogP contribution >= 0.6 is 0 Å². The van der Waals surface area contributed by atoms with Crippen molar-refractivity contribution in [3.05, 3.63) is 90.0 Å². The van der Waals surface area contributed by atoms with E-state index in [2.05, 4.69) is 32.3 Å². The summed E-state index contributed by atoms with van der Waals surface area (Å²) in [5.74, 6) is 0.667. The second kappa shape index (κ2) is 10.2. The fraction of sp³-hybridized carbons (Fsp3) is 0.261. The van der Waals surface area contributed by atoms with Gasteiger partial charge in [0.05, 0.1) is 0 Å². The molecule has 0 bridgehead atoms. The predicted molar refractivity (Wildman–Crippen MR) is 112 cm³/mol. The Morgan fingerprint density at radius 3 is 2.45 bits per heavy atom. The van der Waals surface area contributed by atoms with Gasteiger partial charge < -0.3 is 15.2 Å². The van der Waals surface area contributed by atoms with Crippen LogP contribution < -0.4 is 10.6 Å². The number of aromatic nitrogens is 2. The number of hydrogen-bond acceptors (Lipinski definition) is 3. The Hall–Kier alpha value is -3.41. The summed E-state index contributed by atoms with van der Waals surface area (Å²) in [5.41, 5.74) is 1.80. The highest BCUT2D eigenvalue weighted by molar-refractivity contribution is 5.94. The van der Waals surface area contributed by atoms with E-state index in [0.29, 0.717) is 18.5 Å². The lowest BCUT2D eigenvalue weighted by molar-refractivity contribution is -0.121. The second-order valence-corrected chi connectivity index (χ2v) is 7.00. The second-order valence-electron chi connectivity index (χ2n) is 7.00. The maximum Gasteiger partial charge on any atom is 0.251 e. The first-order valence-corrected chi connectivity index (χ1v) is 9.78. The summed E-state index contributed by atoms with van der Waals surface area (Å²) in [7, 11) is 0. The van der Waals surface area contributed by atoms with E-state index in [0.717, 1.165) is 12.4 Å². The van der Waals surface area contributed by atoms with Crippen molar-refractivity contribution in [2.45, 2.75) is 32.4 Å². The fourth-order valence-corrected chi connectivity index (χ4v) is 3.10. The number of nitrogens with zero attached hydrogens (tertiary/aromatic N) is 2. The normalized spacial score (nSPS) is 11.6. The SMILES string of the molecule is CC(CC(=O)NCCc1nccn1Cc1ccccc1)NC(=O)c1ccccc1. The first-order chi connectivity index (χ1) is 14.1. The standard InChI is InChI=1S/C23H26N4O2/c1-18(26-23(29)20-10-6-3-7-11-20)16-22(28)25-13-12-21-24-14-15-27(21)17-19-8-4-2-5-9-19/h2-11,14-15,18H,12-13,16-17H2,1H3,(H,25,28)(H,26,29). The number of nitrogens with one attached hydrogen (secondary N) is 2. The minimum absolute atomic E-state index is 0.0907. The molecule has 0 saturated heterocycles. The molecule has 3 rings (SSSR count). The molecule has 3 aromatic rings. The van der Waals surface area contributed by atoms with Gasteiger partial charge in [0.25, 0.3) is 5.91 Å². The quantitative estimate of drug-likeness (QED) is 0.590. The van der Waals surface area contributed by atoms with Crippen LogP contribution in [0.15, 0.2) is 73.1 Å². The highest BCUT2D eigenvalue weighted by Crippen LogP contribution is 2.06. The van der Waals surface area contributed by atoms with Crippen LogP contribution in [-0.4, -0.2) is 34.0 Å². The van der Waals surface area contributed by atoms with E-state index in [4.69, 9.17) is 0 Å². The van der Waals surface area contributed by atoms with Crippen molar-refractivity contribution in [2.75, 3.05) is 6.54 Å². The van der Waals surface area contributed by atoms with Gasteiger partial charge in [-0.1, -0.05) is 48.5 Å². The molecule has 2 aromatic carbocycles. The van der Waals surface area contributed by atoms with Crippen molar-refractivity contribution >= 4 is 11.8 Å². The number of carbonyl (C=O) groups excluding carboxylic acids is 2. The Morgan fingerprint density at radius 2 is 1.72 bits per heavy atom. The van der Waals surface area contributed by atoms with Gasteiger partial charge in [0.1, 0.15) is 5.82 Å². The highest BCUT2D eigenvalue weighted by Gasteiger charge is 2.13. The molecule has 29 heavy (non-hydrogen) atoms. The zero-order valence-electron chi connectivity index (χ0n) is 16.5. The molecule has 2 amide bonds. The Labute approximate surface area is 171 Å². The van der Waals surface area contributed by atoms with Crippen molar-refractivity contribution in [3.8, 4) is 0 Å². The highest BCUT2D eigenvalue weighted by atomic mass is 16.2. The molecule has 0 spiro atoms. The molecular formula is C23H26N4O2. The minimum Gasteiger partial charge on any atom is -0.356 e. The van der Waals surface area contributed by atoms with Crippen molar-refractivity contribution in [1.29, 1.82) is 0 Å². The van der Waals surface area contributed by atoms with Gasteiger partial charge in [0.2, 0.25) is 5.91 Å². The molecule has 0 aliphatic heterocycles. The first kappa shape index (κ1) is 20.3. The van der Waals surface area contributed by atoms with Crippen LogP contribution in [0.1, 0.15) is 35.1 Å². The van der Waals surface area contributed by atoms with E-state index in [1.165, 1.54) is 5.56 Å². The summed E-state index contributed by atoms with van der Waals surface area (Å²) in [6, 6.07) is 18.9. The summed E-state index contributed by atoms with van der Waals surface area (Å²) >= 11 is 0. The van der Waals surface area contributed by atoms with Gasteiger partial charge in [0.15, 0.2) is 0 Å². The van der Waals surface area contributed by atoms with Gasteiger partial charge in [-0.2, -0.15) is 0 Å². The van der Waals surface area contributed by atoms with Gasteiger partial charge in [-0.05, 0) is 24.6 Å². The maximum absolute atomic E-state index is 12.2. The average molecular weight is 390 g/mol. The van der Waals surface area contributed by atoms with Gasteiger partial charge in [-0.15, -0.1) is 0 Å². The van der Waals surface area contributed by atoms with Crippen LogP contribution in [0.3, 0.4) is 0 Å². The number of imidazole rings is 1. The molecule has 0 fully saturated rings. The van der Waals surface area contributed by atoms with Crippen molar-refractivity contribution < 1.29 is 9.59 Å². The molecule has 6 heteroatoms. The zero-order chi connectivity index (χ0) is 20.5. The number of hydrogen-bond donors (Lipinski definition) is 2. The van der Waals surface area contributed by atoms with Crippen LogP contribution in [0.2, 0.25) is 0 Å².